The number of piperidine rings is 1. The molecule has 1 saturated carbocycles. The Labute approximate surface area is 161 Å². The Kier molecular flexibility index (Phi) is 4.92. The van der Waals surface area contributed by atoms with Crippen molar-refractivity contribution in [3.05, 3.63) is 33.1 Å². The summed E-state index contributed by atoms with van der Waals surface area (Å²) in [4.78, 5) is 7.05. The SMILES string of the molecule is Cc1sc(=NC2CCNCC2)n(N=Cc2ccc(O)c(O)c2O)c1C1CC1. The Morgan fingerprint density at radius 3 is 2.56 bits per heavy atom. The van der Waals surface area contributed by atoms with E-state index >= 15 is 0 Å². The number of hydrogen-bond acceptors (Lipinski definition) is 7. The van der Waals surface area contributed by atoms with Crippen molar-refractivity contribution in [2.45, 2.75) is 44.6 Å². The summed E-state index contributed by atoms with van der Waals surface area (Å²) < 4.78 is 1.89. The third-order valence-corrected chi connectivity index (χ3v) is 6.03. The van der Waals surface area contributed by atoms with E-state index in [1.54, 1.807) is 11.3 Å². The molecule has 144 valence electrons. The van der Waals surface area contributed by atoms with E-state index in [0.717, 1.165) is 43.6 Å². The van der Waals surface area contributed by atoms with Gasteiger partial charge in [0.15, 0.2) is 11.5 Å². The summed E-state index contributed by atoms with van der Waals surface area (Å²) in [5.74, 6) is -0.760. The lowest BCUT2D eigenvalue weighted by atomic mass is 10.1. The van der Waals surface area contributed by atoms with E-state index in [1.807, 2.05) is 4.68 Å². The number of thiazole rings is 1. The Balaban J connectivity index is 1.74. The minimum absolute atomic E-state index is 0.295. The molecule has 1 aliphatic carbocycles. The molecule has 2 heterocycles. The molecule has 2 aliphatic rings. The van der Waals surface area contributed by atoms with Crippen molar-refractivity contribution >= 4 is 17.6 Å². The number of nitrogens with one attached hydrogen (secondary N) is 1. The van der Waals surface area contributed by atoms with Gasteiger partial charge in [0.2, 0.25) is 10.6 Å². The van der Waals surface area contributed by atoms with Crippen LogP contribution in [0.25, 0.3) is 0 Å². The van der Waals surface area contributed by atoms with Crippen LogP contribution in [0.1, 0.15) is 47.7 Å². The second kappa shape index (κ2) is 7.36. The molecule has 0 radical (unpaired) electrons. The molecule has 1 aromatic carbocycles. The number of phenolic OH excluding ortho intramolecular Hbond substituents is 3. The maximum Gasteiger partial charge on any atom is 0.206 e. The average molecular weight is 388 g/mol. The van der Waals surface area contributed by atoms with E-state index in [1.165, 1.54) is 28.9 Å². The van der Waals surface area contributed by atoms with Gasteiger partial charge in [-0.05, 0) is 57.8 Å². The highest BCUT2D eigenvalue weighted by Crippen LogP contribution is 2.42. The Hall–Kier alpha value is -2.32. The third kappa shape index (κ3) is 3.72. The van der Waals surface area contributed by atoms with Crippen LogP contribution in [0.15, 0.2) is 22.2 Å². The monoisotopic (exact) mass is 388 g/mol. The first-order valence-corrected chi connectivity index (χ1v) is 10.1. The van der Waals surface area contributed by atoms with Crippen molar-refractivity contribution in [3.63, 3.8) is 0 Å². The smallest absolute Gasteiger partial charge is 0.206 e. The van der Waals surface area contributed by atoms with Gasteiger partial charge in [-0.3, -0.25) is 4.99 Å². The normalized spacial score (nSPS) is 19.2. The van der Waals surface area contributed by atoms with E-state index in [9.17, 15) is 15.3 Å². The third-order valence-electron chi connectivity index (χ3n) is 5.05. The van der Waals surface area contributed by atoms with Crippen LogP contribution >= 0.6 is 11.3 Å². The molecule has 0 atom stereocenters. The molecule has 8 heteroatoms. The lowest BCUT2D eigenvalue weighted by molar-refractivity contribution is 0.367. The second-order valence-electron chi connectivity index (χ2n) is 7.14. The van der Waals surface area contributed by atoms with Crippen LogP contribution in [0.3, 0.4) is 0 Å². The van der Waals surface area contributed by atoms with Crippen LogP contribution < -0.4 is 10.1 Å². The van der Waals surface area contributed by atoms with Crippen molar-refractivity contribution in [3.8, 4) is 17.2 Å². The predicted molar refractivity (Wildman–Crippen MR) is 105 cm³/mol. The van der Waals surface area contributed by atoms with E-state index in [0.29, 0.717) is 17.5 Å². The lowest BCUT2D eigenvalue weighted by Gasteiger charge is -2.18. The fourth-order valence-corrected chi connectivity index (χ4v) is 4.46. The summed E-state index contributed by atoms with van der Waals surface area (Å²) in [6.07, 6.45) is 5.86. The van der Waals surface area contributed by atoms with Crippen molar-refractivity contribution < 1.29 is 15.3 Å². The number of aromatic nitrogens is 1. The summed E-state index contributed by atoms with van der Waals surface area (Å²) in [5.41, 5.74) is 1.53. The zero-order valence-electron chi connectivity index (χ0n) is 15.2. The topological polar surface area (TPSA) is 102 Å². The predicted octanol–water partition coefficient (Wildman–Crippen LogP) is 2.39. The van der Waals surface area contributed by atoms with Crippen molar-refractivity contribution in [2.75, 3.05) is 13.1 Å². The molecule has 0 unspecified atom stereocenters. The van der Waals surface area contributed by atoms with Gasteiger partial charge in [0.05, 0.1) is 18.0 Å². The number of benzene rings is 1. The Morgan fingerprint density at radius 2 is 1.85 bits per heavy atom. The van der Waals surface area contributed by atoms with E-state index < -0.39 is 5.75 Å². The number of hydrogen-bond donors (Lipinski definition) is 4. The van der Waals surface area contributed by atoms with Gasteiger partial charge < -0.3 is 20.6 Å². The minimum Gasteiger partial charge on any atom is -0.504 e. The Bertz CT molecular complexity index is 937. The highest BCUT2D eigenvalue weighted by molar-refractivity contribution is 7.09. The zero-order chi connectivity index (χ0) is 19.0. The van der Waals surface area contributed by atoms with E-state index in [4.69, 9.17) is 4.99 Å². The van der Waals surface area contributed by atoms with E-state index in [2.05, 4.69) is 17.3 Å². The second-order valence-corrected chi connectivity index (χ2v) is 8.32. The molecule has 4 N–H and O–H groups in total. The number of aromatic hydroxyl groups is 3. The average Bonchev–Trinajstić information content (AvgIpc) is 3.45. The zero-order valence-corrected chi connectivity index (χ0v) is 16.0. The lowest BCUT2D eigenvalue weighted by Crippen LogP contribution is -2.31. The number of aryl methyl sites for hydroxylation is 1. The molecule has 0 bridgehead atoms. The fraction of sp³-hybridized carbons (Fsp3) is 0.474. The van der Waals surface area contributed by atoms with Crippen molar-refractivity contribution in [2.24, 2.45) is 10.1 Å². The van der Waals surface area contributed by atoms with Crippen LogP contribution in [0.2, 0.25) is 0 Å². The highest BCUT2D eigenvalue weighted by atomic mass is 32.1. The van der Waals surface area contributed by atoms with Crippen molar-refractivity contribution in [1.29, 1.82) is 0 Å². The summed E-state index contributed by atoms with van der Waals surface area (Å²) in [5, 5.41) is 37.2. The van der Waals surface area contributed by atoms with Gasteiger partial charge in [0, 0.05) is 16.4 Å². The molecule has 4 rings (SSSR count). The molecule has 0 spiro atoms. The molecular formula is C19H24N4O3S. The van der Waals surface area contributed by atoms with Gasteiger partial charge in [-0.2, -0.15) is 5.10 Å². The maximum atomic E-state index is 10.0. The standard InChI is InChI=1S/C19H24N4O3S/c1-11-16(12-2-3-12)23(19(27-11)22-14-6-8-20-9-7-14)21-10-13-4-5-15(24)18(26)17(13)25/h4-5,10,12,14,20,24-26H,2-3,6-9H2,1H3. The van der Waals surface area contributed by atoms with Gasteiger partial charge in [-0.15, -0.1) is 11.3 Å². The molecule has 2 fully saturated rings. The summed E-state index contributed by atoms with van der Waals surface area (Å²) in [7, 11) is 0. The molecule has 7 nitrogen and oxygen atoms in total. The quantitative estimate of drug-likeness (QED) is 0.477. The molecule has 1 saturated heterocycles. The summed E-state index contributed by atoms with van der Waals surface area (Å²) in [6.45, 7) is 4.07. The molecule has 27 heavy (non-hydrogen) atoms. The van der Waals surface area contributed by atoms with Crippen LogP contribution in [0, 0.1) is 6.92 Å². The molecule has 0 amide bonds. The first-order chi connectivity index (χ1) is 13.0. The van der Waals surface area contributed by atoms with Crippen LogP contribution in [-0.2, 0) is 0 Å². The van der Waals surface area contributed by atoms with Crippen LogP contribution in [0.4, 0.5) is 0 Å². The molecular weight excluding hydrogens is 364 g/mol. The first kappa shape index (κ1) is 18.1. The van der Waals surface area contributed by atoms with Crippen LogP contribution in [-0.4, -0.2) is 45.3 Å². The fourth-order valence-electron chi connectivity index (χ4n) is 3.40. The largest absolute Gasteiger partial charge is 0.504 e. The van der Waals surface area contributed by atoms with Gasteiger partial charge in [0.25, 0.3) is 0 Å². The number of rotatable bonds is 4. The number of phenols is 3. The molecule has 1 aromatic heterocycles. The maximum absolute atomic E-state index is 10.0. The van der Waals surface area contributed by atoms with Gasteiger partial charge >= 0.3 is 0 Å². The highest BCUT2D eigenvalue weighted by Gasteiger charge is 2.30. The minimum atomic E-state index is -0.535. The van der Waals surface area contributed by atoms with Gasteiger partial charge in [-0.1, -0.05) is 0 Å². The van der Waals surface area contributed by atoms with E-state index in [-0.39, 0.29) is 11.5 Å². The first-order valence-electron chi connectivity index (χ1n) is 9.29. The number of nitrogens with zero attached hydrogens (tertiary/aromatic N) is 3. The summed E-state index contributed by atoms with van der Waals surface area (Å²) in [6, 6.07) is 3.15. The molecule has 2 aromatic rings. The van der Waals surface area contributed by atoms with Crippen molar-refractivity contribution in [1.82, 2.24) is 9.99 Å². The Morgan fingerprint density at radius 1 is 1.11 bits per heavy atom. The van der Waals surface area contributed by atoms with Crippen LogP contribution in [0.5, 0.6) is 17.2 Å². The molecule has 1 aliphatic heterocycles. The van der Waals surface area contributed by atoms with Gasteiger partial charge in [0.1, 0.15) is 0 Å². The van der Waals surface area contributed by atoms with Gasteiger partial charge in [-0.25, -0.2) is 4.68 Å². The summed E-state index contributed by atoms with van der Waals surface area (Å²) >= 11 is 1.66.